The van der Waals surface area contributed by atoms with E-state index in [1.807, 2.05) is 32.6 Å². The summed E-state index contributed by atoms with van der Waals surface area (Å²) in [6.07, 6.45) is 1.92. The molecule has 0 saturated carbocycles. The van der Waals surface area contributed by atoms with Crippen LogP contribution in [0.1, 0.15) is 56.0 Å². The van der Waals surface area contributed by atoms with Crippen molar-refractivity contribution in [1.29, 1.82) is 0 Å². The Kier molecular flexibility index (Phi) is 6.03. The van der Waals surface area contributed by atoms with Gasteiger partial charge in [0.15, 0.2) is 0 Å². The Bertz CT molecular complexity index is 656. The van der Waals surface area contributed by atoms with Gasteiger partial charge in [0.05, 0.1) is 17.4 Å². The number of amides is 1. The van der Waals surface area contributed by atoms with Crippen LogP contribution in [0.2, 0.25) is 0 Å². The van der Waals surface area contributed by atoms with Crippen molar-refractivity contribution in [3.05, 3.63) is 17.0 Å². The first-order chi connectivity index (χ1) is 11.2. The first kappa shape index (κ1) is 18.9. The number of carbonyl (C=O) groups is 1. The Morgan fingerprint density at radius 3 is 2.50 bits per heavy atom. The van der Waals surface area contributed by atoms with E-state index in [1.165, 1.54) is 0 Å². The number of aryl methyl sites for hydroxylation is 2. The lowest BCUT2D eigenvalue weighted by Gasteiger charge is -2.34. The Morgan fingerprint density at radius 2 is 2.00 bits per heavy atom. The molecule has 1 fully saturated rings. The van der Waals surface area contributed by atoms with E-state index in [9.17, 15) is 13.2 Å². The predicted molar refractivity (Wildman–Crippen MR) is 93.3 cm³/mol. The van der Waals surface area contributed by atoms with E-state index in [1.54, 1.807) is 0 Å². The number of carbonyl (C=O) groups excluding carboxylic acids is 1. The molecule has 24 heavy (non-hydrogen) atoms. The van der Waals surface area contributed by atoms with Crippen LogP contribution in [0.15, 0.2) is 0 Å². The van der Waals surface area contributed by atoms with E-state index >= 15 is 0 Å². The van der Waals surface area contributed by atoms with Crippen LogP contribution in [0.4, 0.5) is 0 Å². The van der Waals surface area contributed by atoms with Crippen LogP contribution in [-0.2, 0) is 14.8 Å². The maximum absolute atomic E-state index is 12.7. The molecule has 0 radical (unpaired) electrons. The second kappa shape index (κ2) is 7.65. The lowest BCUT2D eigenvalue weighted by atomic mass is 9.96. The Labute approximate surface area is 144 Å². The summed E-state index contributed by atoms with van der Waals surface area (Å²) < 4.78 is 26.5. The molecule has 1 aromatic rings. The molecule has 1 aliphatic heterocycles. The fourth-order valence-corrected chi connectivity index (χ4v) is 4.79. The van der Waals surface area contributed by atoms with E-state index in [0.29, 0.717) is 32.4 Å². The summed E-state index contributed by atoms with van der Waals surface area (Å²) >= 11 is 0. The van der Waals surface area contributed by atoms with Gasteiger partial charge >= 0.3 is 0 Å². The molecule has 7 nitrogen and oxygen atoms in total. The summed E-state index contributed by atoms with van der Waals surface area (Å²) in [6.45, 7) is 8.74. The molecule has 2 N–H and O–H groups in total. The van der Waals surface area contributed by atoms with Gasteiger partial charge in [-0.3, -0.25) is 9.89 Å². The van der Waals surface area contributed by atoms with Gasteiger partial charge < -0.3 is 4.90 Å². The quantitative estimate of drug-likeness (QED) is 0.806. The SMILES string of the molecule is CCCS(=O)(=O)NC1CCN(C(=O)C(C)c2c(C)n[nH]c2C)CC1. The molecule has 1 amide bonds. The standard InChI is InChI=1S/C16H28N4O3S/c1-5-10-24(22,23)19-14-6-8-20(9-7-14)16(21)11(2)15-12(3)17-18-13(15)4/h11,14,19H,5-10H2,1-4H3,(H,17,18). The third-order valence-corrected chi connectivity index (χ3v) is 6.25. The summed E-state index contributed by atoms with van der Waals surface area (Å²) in [6, 6.07) is -0.0710. The number of piperidine rings is 1. The molecule has 1 unspecified atom stereocenters. The monoisotopic (exact) mass is 356 g/mol. The smallest absolute Gasteiger partial charge is 0.229 e. The van der Waals surface area contributed by atoms with Crippen molar-refractivity contribution >= 4 is 15.9 Å². The third kappa shape index (κ3) is 4.36. The van der Waals surface area contributed by atoms with E-state index in [4.69, 9.17) is 0 Å². The molecule has 1 aromatic heterocycles. The third-order valence-electron chi connectivity index (χ3n) is 4.61. The average molecular weight is 356 g/mol. The molecule has 1 aliphatic rings. The number of aromatic amines is 1. The number of nitrogens with one attached hydrogen (secondary N) is 2. The van der Waals surface area contributed by atoms with Gasteiger partial charge in [-0.2, -0.15) is 5.10 Å². The number of hydrogen-bond acceptors (Lipinski definition) is 4. The number of sulfonamides is 1. The van der Waals surface area contributed by atoms with Crippen molar-refractivity contribution in [1.82, 2.24) is 19.8 Å². The van der Waals surface area contributed by atoms with E-state index < -0.39 is 10.0 Å². The molecule has 1 saturated heterocycles. The van der Waals surface area contributed by atoms with E-state index in [-0.39, 0.29) is 23.6 Å². The van der Waals surface area contributed by atoms with Crippen molar-refractivity contribution in [2.75, 3.05) is 18.8 Å². The van der Waals surface area contributed by atoms with Crippen molar-refractivity contribution in [3.63, 3.8) is 0 Å². The minimum Gasteiger partial charge on any atom is -0.342 e. The molecule has 0 spiro atoms. The van der Waals surface area contributed by atoms with E-state index in [0.717, 1.165) is 17.0 Å². The molecule has 0 aromatic carbocycles. The van der Waals surface area contributed by atoms with Gasteiger partial charge in [-0.25, -0.2) is 13.1 Å². The molecule has 0 aliphatic carbocycles. The first-order valence-corrected chi connectivity index (χ1v) is 10.2. The summed E-state index contributed by atoms with van der Waals surface area (Å²) in [5, 5.41) is 7.09. The zero-order chi connectivity index (χ0) is 17.9. The molecule has 0 bridgehead atoms. The van der Waals surface area contributed by atoms with Gasteiger partial charge in [0.1, 0.15) is 0 Å². The lowest BCUT2D eigenvalue weighted by molar-refractivity contribution is -0.133. The van der Waals surface area contributed by atoms with Gasteiger partial charge in [0.25, 0.3) is 0 Å². The van der Waals surface area contributed by atoms with Crippen molar-refractivity contribution in [2.45, 2.75) is 58.9 Å². The van der Waals surface area contributed by atoms with Gasteiger partial charge in [-0.05, 0) is 40.0 Å². The predicted octanol–water partition coefficient (Wildman–Crippen LogP) is 1.45. The van der Waals surface area contributed by atoms with Crippen LogP contribution < -0.4 is 4.72 Å². The fraction of sp³-hybridized carbons (Fsp3) is 0.750. The number of hydrogen-bond donors (Lipinski definition) is 2. The molecule has 1 atom stereocenters. The number of aromatic nitrogens is 2. The minimum atomic E-state index is -3.20. The largest absolute Gasteiger partial charge is 0.342 e. The van der Waals surface area contributed by atoms with Gasteiger partial charge in [-0.1, -0.05) is 6.92 Å². The molecular weight excluding hydrogens is 328 g/mol. The van der Waals surface area contributed by atoms with Crippen LogP contribution in [0, 0.1) is 13.8 Å². The summed E-state index contributed by atoms with van der Waals surface area (Å²) in [5.74, 6) is -0.00284. The van der Waals surface area contributed by atoms with Crippen LogP contribution in [-0.4, -0.2) is 54.3 Å². The molecule has 136 valence electrons. The number of likely N-dealkylation sites (tertiary alicyclic amines) is 1. The molecule has 2 heterocycles. The highest BCUT2D eigenvalue weighted by Gasteiger charge is 2.30. The maximum atomic E-state index is 12.7. The second-order valence-corrected chi connectivity index (χ2v) is 8.48. The Morgan fingerprint density at radius 1 is 1.38 bits per heavy atom. The van der Waals surface area contributed by atoms with E-state index in [2.05, 4.69) is 14.9 Å². The zero-order valence-electron chi connectivity index (χ0n) is 14.9. The Hall–Kier alpha value is -1.41. The van der Waals surface area contributed by atoms with Crippen molar-refractivity contribution in [3.8, 4) is 0 Å². The summed E-state index contributed by atoms with van der Waals surface area (Å²) in [7, 11) is -3.20. The fourth-order valence-electron chi connectivity index (χ4n) is 3.39. The molecular formula is C16H28N4O3S. The minimum absolute atomic E-state index is 0.0710. The molecule has 8 heteroatoms. The average Bonchev–Trinajstić information content (AvgIpc) is 2.85. The summed E-state index contributed by atoms with van der Waals surface area (Å²) in [5.41, 5.74) is 2.75. The highest BCUT2D eigenvalue weighted by Crippen LogP contribution is 2.25. The van der Waals surface area contributed by atoms with Crippen molar-refractivity contribution in [2.24, 2.45) is 0 Å². The number of nitrogens with zero attached hydrogens (tertiary/aromatic N) is 2. The normalized spacial score (nSPS) is 17.9. The van der Waals surface area contributed by atoms with Crippen LogP contribution >= 0.6 is 0 Å². The number of rotatable bonds is 6. The van der Waals surface area contributed by atoms with Crippen LogP contribution in [0.25, 0.3) is 0 Å². The number of H-pyrrole nitrogens is 1. The topological polar surface area (TPSA) is 95.2 Å². The highest BCUT2D eigenvalue weighted by atomic mass is 32.2. The Balaban J connectivity index is 1.93. The van der Waals surface area contributed by atoms with Crippen molar-refractivity contribution < 1.29 is 13.2 Å². The lowest BCUT2D eigenvalue weighted by Crippen LogP contribution is -2.47. The van der Waals surface area contributed by atoms with Gasteiger partial charge in [-0.15, -0.1) is 0 Å². The molecule has 2 rings (SSSR count). The van der Waals surface area contributed by atoms with Gasteiger partial charge in [0.2, 0.25) is 15.9 Å². The van der Waals surface area contributed by atoms with Gasteiger partial charge in [0, 0.05) is 30.4 Å². The second-order valence-electron chi connectivity index (χ2n) is 6.61. The summed E-state index contributed by atoms with van der Waals surface area (Å²) in [4.78, 5) is 14.6. The van der Waals surface area contributed by atoms with Crippen LogP contribution in [0.5, 0.6) is 0 Å². The first-order valence-electron chi connectivity index (χ1n) is 8.55. The van der Waals surface area contributed by atoms with Crippen LogP contribution in [0.3, 0.4) is 0 Å². The zero-order valence-corrected chi connectivity index (χ0v) is 15.7. The maximum Gasteiger partial charge on any atom is 0.229 e. The highest BCUT2D eigenvalue weighted by molar-refractivity contribution is 7.89.